The molecule has 2 rings (SSSR count). The molecule has 0 aromatic heterocycles. The van der Waals surface area contributed by atoms with Crippen molar-refractivity contribution in [1.82, 2.24) is 0 Å². The van der Waals surface area contributed by atoms with E-state index in [9.17, 15) is 31.1 Å². The van der Waals surface area contributed by atoms with Gasteiger partial charge in [0.2, 0.25) is 5.83 Å². The predicted molar refractivity (Wildman–Crippen MR) is 78.9 cm³/mol. The van der Waals surface area contributed by atoms with Crippen LogP contribution >= 0.6 is 0 Å². The van der Waals surface area contributed by atoms with E-state index in [-0.39, 0.29) is 5.56 Å². The molecule has 0 unspecified atom stereocenters. The second-order valence-electron chi connectivity index (χ2n) is 4.98. The van der Waals surface area contributed by atoms with Crippen LogP contribution in [0.2, 0.25) is 0 Å². The summed E-state index contributed by atoms with van der Waals surface area (Å²) in [6.45, 7) is -1.78. The summed E-state index contributed by atoms with van der Waals surface area (Å²) >= 11 is 0. The molecule has 0 saturated carbocycles. The first-order chi connectivity index (χ1) is 12.2. The third kappa shape index (κ3) is 4.56. The Hall–Kier alpha value is -2.97. The molecule has 26 heavy (non-hydrogen) atoms. The molecule has 2 aromatic rings. The molecule has 0 saturated heterocycles. The van der Waals surface area contributed by atoms with Crippen molar-refractivity contribution in [1.29, 1.82) is 0 Å². The Balaban J connectivity index is 2.23. The van der Waals surface area contributed by atoms with Gasteiger partial charge in [-0.1, -0.05) is 29.8 Å². The minimum absolute atomic E-state index is 0.247. The van der Waals surface area contributed by atoms with Crippen molar-refractivity contribution < 1.29 is 40.6 Å². The van der Waals surface area contributed by atoms with E-state index in [2.05, 4.69) is 9.47 Å². The Kier molecular flexibility index (Phi) is 5.91. The van der Waals surface area contributed by atoms with Crippen LogP contribution < -0.4 is 9.47 Å². The lowest BCUT2D eigenvalue weighted by Crippen LogP contribution is -2.11. The van der Waals surface area contributed by atoms with Crippen LogP contribution in [0, 0.1) is 18.6 Å². The van der Waals surface area contributed by atoms with E-state index in [0.29, 0.717) is 12.1 Å². The number of ether oxygens (including phenoxy) is 2. The Morgan fingerprint density at radius 3 is 2.04 bits per heavy atom. The summed E-state index contributed by atoms with van der Waals surface area (Å²) in [5.41, 5.74) is 0.518. The SMILES string of the molecule is Cc1ccc(/C(F)=C(\F)C(=O)Oc2cc(F)c(OC(F)F)c(F)c2)cc1. The number of hydrogen-bond acceptors (Lipinski definition) is 3. The lowest BCUT2D eigenvalue weighted by atomic mass is 10.1. The smallest absolute Gasteiger partial charge is 0.387 e. The lowest BCUT2D eigenvalue weighted by molar-refractivity contribution is -0.131. The Labute approximate surface area is 143 Å². The number of benzene rings is 2. The van der Waals surface area contributed by atoms with Crippen LogP contribution in [-0.4, -0.2) is 12.6 Å². The molecule has 0 amide bonds. The van der Waals surface area contributed by atoms with Crippen molar-refractivity contribution in [2.45, 2.75) is 13.5 Å². The van der Waals surface area contributed by atoms with Gasteiger partial charge < -0.3 is 9.47 Å². The molecule has 0 aliphatic rings. The molecule has 0 radical (unpaired) electrons. The van der Waals surface area contributed by atoms with Gasteiger partial charge in [0.05, 0.1) is 0 Å². The molecule has 0 aliphatic carbocycles. The minimum Gasteiger partial charge on any atom is -0.429 e. The topological polar surface area (TPSA) is 35.5 Å². The van der Waals surface area contributed by atoms with Crippen molar-refractivity contribution in [3.8, 4) is 11.5 Å². The molecular weight excluding hydrogens is 366 g/mol. The highest BCUT2D eigenvalue weighted by molar-refractivity contribution is 5.94. The summed E-state index contributed by atoms with van der Waals surface area (Å²) in [4.78, 5) is 11.6. The number of aryl methyl sites for hydroxylation is 1. The molecule has 0 aliphatic heterocycles. The Morgan fingerprint density at radius 1 is 1.00 bits per heavy atom. The zero-order valence-corrected chi connectivity index (χ0v) is 13.0. The third-order valence-corrected chi connectivity index (χ3v) is 3.07. The summed E-state index contributed by atoms with van der Waals surface area (Å²) in [6, 6.07) is 6.01. The fourth-order valence-corrected chi connectivity index (χ4v) is 1.87. The fourth-order valence-electron chi connectivity index (χ4n) is 1.87. The molecule has 0 heterocycles. The molecule has 0 N–H and O–H groups in total. The molecule has 0 spiro atoms. The first-order valence-electron chi connectivity index (χ1n) is 6.97. The Morgan fingerprint density at radius 2 is 1.54 bits per heavy atom. The maximum Gasteiger partial charge on any atom is 0.387 e. The van der Waals surface area contributed by atoms with Crippen molar-refractivity contribution >= 4 is 11.8 Å². The monoisotopic (exact) mass is 376 g/mol. The van der Waals surface area contributed by atoms with Crippen molar-refractivity contribution in [3.63, 3.8) is 0 Å². The Bertz CT molecular complexity index is 823. The van der Waals surface area contributed by atoms with Gasteiger partial charge in [-0.3, -0.25) is 0 Å². The minimum atomic E-state index is -3.49. The van der Waals surface area contributed by atoms with Gasteiger partial charge in [0.1, 0.15) is 5.75 Å². The van der Waals surface area contributed by atoms with Crippen LogP contribution in [0.5, 0.6) is 11.5 Å². The first kappa shape index (κ1) is 19.4. The van der Waals surface area contributed by atoms with E-state index in [1.165, 1.54) is 24.3 Å². The molecule has 0 fully saturated rings. The van der Waals surface area contributed by atoms with Gasteiger partial charge in [0, 0.05) is 17.7 Å². The first-order valence-corrected chi connectivity index (χ1v) is 6.97. The van der Waals surface area contributed by atoms with Crippen LogP contribution in [0.4, 0.5) is 26.3 Å². The van der Waals surface area contributed by atoms with E-state index in [1.54, 1.807) is 6.92 Å². The van der Waals surface area contributed by atoms with E-state index in [4.69, 9.17) is 0 Å². The lowest BCUT2D eigenvalue weighted by Gasteiger charge is -2.09. The van der Waals surface area contributed by atoms with E-state index >= 15 is 0 Å². The second-order valence-corrected chi connectivity index (χ2v) is 4.98. The van der Waals surface area contributed by atoms with Crippen LogP contribution in [-0.2, 0) is 4.79 Å². The number of hydrogen-bond donors (Lipinski definition) is 0. The zero-order valence-electron chi connectivity index (χ0n) is 13.0. The van der Waals surface area contributed by atoms with Gasteiger partial charge in [-0.15, -0.1) is 0 Å². The summed E-state index contributed by atoms with van der Waals surface area (Å²) in [5, 5.41) is 0. The summed E-state index contributed by atoms with van der Waals surface area (Å²) in [7, 11) is 0. The van der Waals surface area contributed by atoms with Crippen LogP contribution in [0.15, 0.2) is 42.2 Å². The van der Waals surface area contributed by atoms with Gasteiger partial charge in [0.25, 0.3) is 0 Å². The highest BCUT2D eigenvalue weighted by atomic mass is 19.3. The van der Waals surface area contributed by atoms with Crippen LogP contribution in [0.3, 0.4) is 0 Å². The largest absolute Gasteiger partial charge is 0.429 e. The van der Waals surface area contributed by atoms with Crippen molar-refractivity contribution in [3.05, 3.63) is 65.0 Å². The van der Waals surface area contributed by atoms with Gasteiger partial charge in [0.15, 0.2) is 23.2 Å². The number of carbonyl (C=O) groups excluding carboxylic acids is 1. The fraction of sp³-hybridized carbons (Fsp3) is 0.118. The van der Waals surface area contributed by atoms with Crippen LogP contribution in [0.25, 0.3) is 5.83 Å². The highest BCUT2D eigenvalue weighted by Gasteiger charge is 2.22. The molecule has 3 nitrogen and oxygen atoms in total. The number of esters is 1. The molecule has 0 atom stereocenters. The van der Waals surface area contributed by atoms with Crippen molar-refractivity contribution in [2.24, 2.45) is 0 Å². The number of alkyl halides is 2. The molecule has 9 heteroatoms. The van der Waals surface area contributed by atoms with Gasteiger partial charge in [-0.2, -0.15) is 13.2 Å². The second kappa shape index (κ2) is 7.94. The number of halogens is 6. The van der Waals surface area contributed by atoms with E-state index in [0.717, 1.165) is 5.56 Å². The van der Waals surface area contributed by atoms with Gasteiger partial charge >= 0.3 is 12.6 Å². The number of carbonyl (C=O) groups is 1. The molecule has 138 valence electrons. The maximum absolute atomic E-state index is 13.9. The van der Waals surface area contributed by atoms with Crippen molar-refractivity contribution in [2.75, 3.05) is 0 Å². The summed E-state index contributed by atoms with van der Waals surface area (Å²) in [5.74, 6) is -10.8. The summed E-state index contributed by atoms with van der Waals surface area (Å²) in [6.07, 6.45) is 0. The highest BCUT2D eigenvalue weighted by Crippen LogP contribution is 2.29. The summed E-state index contributed by atoms with van der Waals surface area (Å²) < 4.78 is 86.8. The van der Waals surface area contributed by atoms with Gasteiger partial charge in [-0.25, -0.2) is 18.0 Å². The quantitative estimate of drug-likeness (QED) is 0.316. The predicted octanol–water partition coefficient (Wildman–Crippen LogP) is 5.09. The zero-order chi connectivity index (χ0) is 19.4. The average Bonchev–Trinajstić information content (AvgIpc) is 2.57. The maximum atomic E-state index is 13.9. The van der Waals surface area contributed by atoms with Gasteiger partial charge in [-0.05, 0) is 6.92 Å². The third-order valence-electron chi connectivity index (χ3n) is 3.07. The normalized spacial score (nSPS) is 12.0. The standard InChI is InChI=1S/C17H10F6O3/c1-8-2-4-9(5-3-8)13(20)14(21)16(24)25-10-6-11(18)15(12(19)7-10)26-17(22)23/h2-7,17H,1H3/b14-13+. The van der Waals surface area contributed by atoms with Crippen LogP contribution in [0.1, 0.15) is 11.1 Å². The molecule has 2 aromatic carbocycles. The molecular formula is C17H10F6O3. The number of rotatable bonds is 5. The average molecular weight is 376 g/mol. The molecule has 0 bridgehead atoms. The van der Waals surface area contributed by atoms with E-state index < -0.39 is 47.4 Å². The van der Waals surface area contributed by atoms with E-state index in [1.807, 2.05) is 0 Å².